The van der Waals surface area contributed by atoms with Crippen LogP contribution in [0.15, 0.2) is 0 Å². The van der Waals surface area contributed by atoms with Gasteiger partial charge in [-0.25, -0.2) is 9.59 Å². The minimum absolute atomic E-state index is 0.111. The van der Waals surface area contributed by atoms with Crippen LogP contribution < -0.4 is 16.4 Å². The predicted octanol–water partition coefficient (Wildman–Crippen LogP) is 2.45. The average Bonchev–Trinajstić information content (AvgIpc) is 2.67. The van der Waals surface area contributed by atoms with Gasteiger partial charge in [0.25, 0.3) is 0 Å². The summed E-state index contributed by atoms with van der Waals surface area (Å²) in [5.74, 6) is -1.02. The van der Waals surface area contributed by atoms with Crippen molar-refractivity contribution in [2.45, 2.75) is 51.6 Å². The zero-order valence-corrected chi connectivity index (χ0v) is 13.0. The molecule has 0 bridgehead atoms. The standard InChI is InChI=1S/C14H21N3O3S/c1-7-8(2)21-12(11(7)13(18)19)17-14(20)16-10-5-3-9(15)4-6-10/h9-10H,3-6,15H2,1-2H3,(H,18,19)(H2,16,17,20). The van der Waals surface area contributed by atoms with E-state index in [1.54, 1.807) is 6.92 Å². The van der Waals surface area contributed by atoms with Crippen molar-refractivity contribution in [1.29, 1.82) is 0 Å². The first-order valence-corrected chi connectivity index (χ1v) is 7.86. The van der Waals surface area contributed by atoms with E-state index < -0.39 is 5.97 Å². The number of hydrogen-bond acceptors (Lipinski definition) is 4. The van der Waals surface area contributed by atoms with E-state index >= 15 is 0 Å². The molecule has 1 heterocycles. The van der Waals surface area contributed by atoms with Crippen LogP contribution in [-0.4, -0.2) is 29.2 Å². The number of rotatable bonds is 3. The number of thiophene rings is 1. The monoisotopic (exact) mass is 311 g/mol. The van der Waals surface area contributed by atoms with Crippen molar-refractivity contribution in [1.82, 2.24) is 5.32 Å². The van der Waals surface area contributed by atoms with Crippen molar-refractivity contribution in [3.8, 4) is 0 Å². The number of nitrogens with two attached hydrogens (primary N) is 1. The summed E-state index contributed by atoms with van der Waals surface area (Å²) in [5.41, 5.74) is 6.71. The minimum Gasteiger partial charge on any atom is -0.478 e. The normalized spacial score (nSPS) is 21.9. The quantitative estimate of drug-likeness (QED) is 0.688. The summed E-state index contributed by atoms with van der Waals surface area (Å²) in [6, 6.07) is -0.00762. The third-order valence-electron chi connectivity index (χ3n) is 3.93. The number of carbonyl (C=O) groups excluding carboxylic acids is 1. The summed E-state index contributed by atoms with van der Waals surface area (Å²) in [6.45, 7) is 3.60. The highest BCUT2D eigenvalue weighted by atomic mass is 32.1. The SMILES string of the molecule is Cc1sc(NC(=O)NC2CCC(N)CC2)c(C(=O)O)c1C. The first kappa shape index (κ1) is 15.8. The third kappa shape index (κ3) is 3.74. The van der Waals surface area contributed by atoms with Gasteiger partial charge in [0.15, 0.2) is 0 Å². The van der Waals surface area contributed by atoms with E-state index in [0.29, 0.717) is 10.6 Å². The number of carboxylic acid groups (broad SMARTS) is 1. The lowest BCUT2D eigenvalue weighted by molar-refractivity contribution is 0.0697. The van der Waals surface area contributed by atoms with Crippen molar-refractivity contribution in [2.24, 2.45) is 5.73 Å². The van der Waals surface area contributed by atoms with Gasteiger partial charge in [-0.2, -0.15) is 0 Å². The van der Waals surface area contributed by atoms with Gasteiger partial charge in [-0.3, -0.25) is 5.32 Å². The number of carboxylic acids is 1. The van der Waals surface area contributed by atoms with E-state index in [4.69, 9.17) is 5.73 Å². The van der Waals surface area contributed by atoms with Crippen molar-refractivity contribution in [3.05, 3.63) is 16.0 Å². The molecule has 1 aromatic rings. The predicted molar refractivity (Wildman–Crippen MR) is 83.1 cm³/mol. The number of nitrogens with one attached hydrogen (secondary N) is 2. The van der Waals surface area contributed by atoms with Gasteiger partial charge in [-0.15, -0.1) is 11.3 Å². The zero-order valence-electron chi connectivity index (χ0n) is 12.2. The van der Waals surface area contributed by atoms with Crippen LogP contribution in [0.1, 0.15) is 46.5 Å². The molecular weight excluding hydrogens is 290 g/mol. The molecule has 5 N–H and O–H groups in total. The highest BCUT2D eigenvalue weighted by Gasteiger charge is 2.23. The lowest BCUT2D eigenvalue weighted by atomic mass is 9.92. The molecule has 0 spiro atoms. The van der Waals surface area contributed by atoms with Crippen molar-refractivity contribution >= 4 is 28.3 Å². The Hall–Kier alpha value is -1.60. The average molecular weight is 311 g/mol. The minimum atomic E-state index is -1.02. The van der Waals surface area contributed by atoms with E-state index in [-0.39, 0.29) is 23.7 Å². The van der Waals surface area contributed by atoms with Crippen molar-refractivity contribution < 1.29 is 14.7 Å². The maximum Gasteiger partial charge on any atom is 0.338 e. The summed E-state index contributed by atoms with van der Waals surface area (Å²) in [6.07, 6.45) is 3.54. The lowest BCUT2D eigenvalue weighted by Crippen LogP contribution is -2.42. The molecule has 0 atom stereocenters. The Morgan fingerprint density at radius 3 is 2.43 bits per heavy atom. The Kier molecular flexibility index (Phi) is 4.84. The van der Waals surface area contributed by atoms with E-state index in [1.807, 2.05) is 6.92 Å². The highest BCUT2D eigenvalue weighted by molar-refractivity contribution is 7.16. The molecule has 21 heavy (non-hydrogen) atoms. The lowest BCUT2D eigenvalue weighted by Gasteiger charge is -2.26. The maximum atomic E-state index is 12.0. The first-order valence-electron chi connectivity index (χ1n) is 7.05. The topological polar surface area (TPSA) is 104 Å². The smallest absolute Gasteiger partial charge is 0.338 e. The number of aromatic carboxylic acids is 1. The number of hydrogen-bond donors (Lipinski definition) is 4. The Bertz CT molecular complexity index is 548. The second-order valence-electron chi connectivity index (χ2n) is 5.50. The number of carbonyl (C=O) groups is 2. The van der Waals surface area contributed by atoms with E-state index in [2.05, 4.69) is 10.6 Å². The molecular formula is C14H21N3O3S. The van der Waals surface area contributed by atoms with Crippen LogP contribution in [0.5, 0.6) is 0 Å². The van der Waals surface area contributed by atoms with Crippen LogP contribution in [0.25, 0.3) is 0 Å². The van der Waals surface area contributed by atoms with Gasteiger partial charge < -0.3 is 16.2 Å². The van der Waals surface area contributed by atoms with Gasteiger partial charge in [0.05, 0.1) is 5.56 Å². The molecule has 1 saturated carbocycles. The van der Waals surface area contributed by atoms with E-state index in [0.717, 1.165) is 30.6 Å². The summed E-state index contributed by atoms with van der Waals surface area (Å²) >= 11 is 1.29. The van der Waals surface area contributed by atoms with Gasteiger partial charge in [0.2, 0.25) is 0 Å². The first-order chi connectivity index (χ1) is 9.88. The Labute approximate surface area is 127 Å². The second-order valence-corrected chi connectivity index (χ2v) is 6.73. The number of amides is 2. The third-order valence-corrected chi connectivity index (χ3v) is 5.06. The summed E-state index contributed by atoms with van der Waals surface area (Å²) in [4.78, 5) is 24.2. The largest absolute Gasteiger partial charge is 0.478 e. The van der Waals surface area contributed by atoms with Gasteiger partial charge in [-0.1, -0.05) is 0 Å². The number of aryl methyl sites for hydroxylation is 1. The fraction of sp³-hybridized carbons (Fsp3) is 0.571. The van der Waals surface area contributed by atoms with Crippen LogP contribution in [0, 0.1) is 13.8 Å². The van der Waals surface area contributed by atoms with E-state index in [9.17, 15) is 14.7 Å². The van der Waals surface area contributed by atoms with Gasteiger partial charge in [0.1, 0.15) is 5.00 Å². The van der Waals surface area contributed by atoms with Crippen LogP contribution >= 0.6 is 11.3 Å². The molecule has 1 aliphatic rings. The maximum absolute atomic E-state index is 12.0. The molecule has 1 fully saturated rings. The van der Waals surface area contributed by atoms with Crippen LogP contribution in [-0.2, 0) is 0 Å². The van der Waals surface area contributed by atoms with Gasteiger partial charge in [-0.05, 0) is 45.1 Å². The fourth-order valence-electron chi connectivity index (χ4n) is 2.56. The molecule has 6 nitrogen and oxygen atoms in total. The van der Waals surface area contributed by atoms with Crippen molar-refractivity contribution in [3.63, 3.8) is 0 Å². The molecule has 2 amide bonds. The second kappa shape index (κ2) is 6.44. The number of urea groups is 1. The summed E-state index contributed by atoms with van der Waals surface area (Å²) < 4.78 is 0. The molecule has 0 unspecified atom stereocenters. The Morgan fingerprint density at radius 1 is 1.24 bits per heavy atom. The fourth-order valence-corrected chi connectivity index (χ4v) is 3.61. The zero-order chi connectivity index (χ0) is 15.6. The molecule has 2 rings (SSSR count). The molecule has 7 heteroatoms. The molecule has 0 aliphatic heterocycles. The highest BCUT2D eigenvalue weighted by Crippen LogP contribution is 2.32. The molecule has 1 aliphatic carbocycles. The van der Waals surface area contributed by atoms with Crippen LogP contribution in [0.2, 0.25) is 0 Å². The summed E-state index contributed by atoms with van der Waals surface area (Å²) in [5, 5.41) is 15.2. The van der Waals surface area contributed by atoms with Crippen LogP contribution in [0.3, 0.4) is 0 Å². The molecule has 1 aromatic heterocycles. The van der Waals surface area contributed by atoms with Gasteiger partial charge in [0, 0.05) is 17.0 Å². The Balaban J connectivity index is 2.00. The molecule has 116 valence electrons. The summed E-state index contributed by atoms with van der Waals surface area (Å²) in [7, 11) is 0. The van der Waals surface area contributed by atoms with Crippen LogP contribution in [0.4, 0.5) is 9.80 Å². The Morgan fingerprint density at radius 2 is 1.86 bits per heavy atom. The van der Waals surface area contributed by atoms with Crippen molar-refractivity contribution in [2.75, 3.05) is 5.32 Å². The molecule has 0 saturated heterocycles. The van der Waals surface area contributed by atoms with Gasteiger partial charge >= 0.3 is 12.0 Å². The van der Waals surface area contributed by atoms with E-state index in [1.165, 1.54) is 11.3 Å². The molecule has 0 aromatic carbocycles. The number of anilines is 1. The molecule has 0 radical (unpaired) electrons.